The number of anilines is 2. The summed E-state index contributed by atoms with van der Waals surface area (Å²) in [7, 11) is 1.59. The Hall–Kier alpha value is -4.00. The average molecular weight is 581 g/mol. The van der Waals surface area contributed by atoms with Gasteiger partial charge in [-0.1, -0.05) is 11.6 Å². The minimum Gasteiger partial charge on any atom is -0.496 e. The van der Waals surface area contributed by atoms with Gasteiger partial charge in [-0.05, 0) is 44.9 Å². The molecule has 2 aliphatic rings. The van der Waals surface area contributed by atoms with Crippen LogP contribution in [0.1, 0.15) is 51.4 Å². The summed E-state index contributed by atoms with van der Waals surface area (Å²) in [5.74, 6) is 0.322. The summed E-state index contributed by atoms with van der Waals surface area (Å²) in [5, 5.41) is 12.6. The van der Waals surface area contributed by atoms with Crippen LogP contribution in [0, 0.1) is 13.8 Å². The number of carbonyl (C=O) groups excluding carboxylic acids is 2. The molecule has 0 aromatic carbocycles. The highest BCUT2D eigenvalue weighted by molar-refractivity contribution is 6.41. The van der Waals surface area contributed by atoms with Crippen molar-refractivity contribution in [2.24, 2.45) is 0 Å². The summed E-state index contributed by atoms with van der Waals surface area (Å²) in [5.41, 5.74) is 9.75. The number of aliphatic hydroxyl groups excluding tert-OH is 1. The molecule has 216 valence electrons. The molecule has 2 amide bonds. The van der Waals surface area contributed by atoms with Gasteiger partial charge in [0.05, 0.1) is 36.6 Å². The van der Waals surface area contributed by atoms with Crippen LogP contribution in [0.4, 0.5) is 11.8 Å². The van der Waals surface area contributed by atoms with E-state index < -0.39 is 0 Å². The van der Waals surface area contributed by atoms with Gasteiger partial charge in [0, 0.05) is 49.2 Å². The molecule has 1 saturated heterocycles. The minimum atomic E-state index is -0.352. The Balaban J connectivity index is 1.36. The van der Waals surface area contributed by atoms with Crippen molar-refractivity contribution in [1.82, 2.24) is 30.2 Å². The molecule has 0 radical (unpaired) electrons. The first kappa shape index (κ1) is 28.5. The highest BCUT2D eigenvalue weighted by atomic mass is 35.5. The highest BCUT2D eigenvalue weighted by Crippen LogP contribution is 2.41. The summed E-state index contributed by atoms with van der Waals surface area (Å²) < 4.78 is 5.53. The Morgan fingerprint density at radius 2 is 2.05 bits per heavy atom. The van der Waals surface area contributed by atoms with Crippen LogP contribution in [-0.4, -0.2) is 81.1 Å². The van der Waals surface area contributed by atoms with Gasteiger partial charge in [-0.15, -0.1) is 0 Å². The molecule has 5 N–H and O–H groups in total. The fourth-order valence-corrected chi connectivity index (χ4v) is 5.50. The van der Waals surface area contributed by atoms with Crippen LogP contribution in [0.3, 0.4) is 0 Å². The summed E-state index contributed by atoms with van der Waals surface area (Å²) in [6.07, 6.45) is 4.59. The molecule has 0 spiro atoms. The monoisotopic (exact) mass is 580 g/mol. The number of ether oxygens (including phenoxy) is 1. The maximum absolute atomic E-state index is 13.7. The molecule has 0 saturated carbocycles. The predicted octanol–water partition coefficient (Wildman–Crippen LogP) is 2.33. The second-order valence-electron chi connectivity index (χ2n) is 10.2. The van der Waals surface area contributed by atoms with Crippen LogP contribution in [0.5, 0.6) is 5.75 Å². The van der Waals surface area contributed by atoms with Gasteiger partial charge in [0.15, 0.2) is 5.82 Å². The number of aryl methyl sites for hydroxylation is 1. The van der Waals surface area contributed by atoms with Crippen molar-refractivity contribution in [2.45, 2.75) is 39.3 Å². The summed E-state index contributed by atoms with van der Waals surface area (Å²) in [6, 6.07) is 3.37. The standard InChI is InChI=1S/C28H33ClN8O4/c1-15-13-32-21(16(2)23(15)41-3)14-37-25-22(24(29)34-28(30)35-25)19(27(37)40)12-17-4-5-20(33-17)26(39)31-8-11-36-9-6-18(38)7-10-36/h4-5,12-13,18,33,38H,6-11,14H2,1-3H3,(H,31,39)(H2,30,34,35)/b19-12+. The molecule has 0 atom stereocenters. The molecule has 0 aliphatic carbocycles. The maximum Gasteiger partial charge on any atom is 0.267 e. The van der Waals surface area contributed by atoms with E-state index in [0.29, 0.717) is 41.5 Å². The Kier molecular flexibility index (Phi) is 8.25. The van der Waals surface area contributed by atoms with Gasteiger partial charge in [0.2, 0.25) is 5.95 Å². The third kappa shape index (κ3) is 5.90. The largest absolute Gasteiger partial charge is 0.496 e. The SMILES string of the molecule is COc1c(C)cnc(CN2C(=O)/C(=C/c3ccc(C(=O)NCCN4CCC(O)CC4)[nH]3)c3c(Cl)nc(N)nc32)c1C. The quantitative estimate of drug-likeness (QED) is 0.231. The number of methoxy groups -OCH3 is 1. The second-order valence-corrected chi connectivity index (χ2v) is 10.6. The number of H-pyrrole nitrogens is 1. The molecule has 2 aliphatic heterocycles. The first-order valence-electron chi connectivity index (χ1n) is 13.4. The number of aromatic amines is 1. The second kappa shape index (κ2) is 11.9. The number of hydrogen-bond acceptors (Lipinski definition) is 9. The molecule has 13 heteroatoms. The minimum absolute atomic E-state index is 0.0514. The first-order chi connectivity index (χ1) is 19.7. The van der Waals surface area contributed by atoms with Gasteiger partial charge in [-0.3, -0.25) is 19.5 Å². The fraction of sp³-hybridized carbons (Fsp3) is 0.393. The van der Waals surface area contributed by atoms with E-state index in [2.05, 4.69) is 30.2 Å². The summed E-state index contributed by atoms with van der Waals surface area (Å²) in [4.78, 5) is 46.1. The fourth-order valence-electron chi connectivity index (χ4n) is 5.22. The normalized spacial score (nSPS) is 16.9. The lowest BCUT2D eigenvalue weighted by Crippen LogP contribution is -2.40. The van der Waals surface area contributed by atoms with Crippen molar-refractivity contribution in [2.75, 3.05) is 43.9 Å². The number of nitrogen functional groups attached to an aromatic ring is 1. The number of halogens is 1. The van der Waals surface area contributed by atoms with Crippen LogP contribution >= 0.6 is 11.6 Å². The Bertz CT molecular complexity index is 1510. The average Bonchev–Trinajstić information content (AvgIpc) is 3.50. The van der Waals surface area contributed by atoms with Gasteiger partial charge >= 0.3 is 0 Å². The molecule has 1 fully saturated rings. The lowest BCUT2D eigenvalue weighted by molar-refractivity contribution is -0.113. The lowest BCUT2D eigenvalue weighted by Gasteiger charge is -2.29. The van der Waals surface area contributed by atoms with Crippen LogP contribution in [-0.2, 0) is 11.3 Å². The number of amides is 2. The number of pyridine rings is 1. The zero-order chi connectivity index (χ0) is 29.3. The topological polar surface area (TPSA) is 163 Å². The molecule has 5 heterocycles. The van der Waals surface area contributed by atoms with Gasteiger partial charge in [0.1, 0.15) is 16.6 Å². The number of rotatable bonds is 8. The molecule has 0 bridgehead atoms. The molecular weight excluding hydrogens is 548 g/mol. The van der Waals surface area contributed by atoms with E-state index in [9.17, 15) is 14.7 Å². The highest BCUT2D eigenvalue weighted by Gasteiger charge is 2.37. The number of likely N-dealkylation sites (tertiary alicyclic amines) is 1. The Morgan fingerprint density at radius 1 is 1.29 bits per heavy atom. The number of piperidine rings is 1. The zero-order valence-corrected chi connectivity index (χ0v) is 24.0. The van der Waals surface area contributed by atoms with E-state index in [1.54, 1.807) is 31.5 Å². The van der Waals surface area contributed by atoms with E-state index in [0.717, 1.165) is 37.1 Å². The van der Waals surface area contributed by atoms with E-state index in [4.69, 9.17) is 22.1 Å². The molecule has 3 aromatic heterocycles. The summed E-state index contributed by atoms with van der Waals surface area (Å²) in [6.45, 7) is 6.72. The predicted molar refractivity (Wildman–Crippen MR) is 156 cm³/mol. The van der Waals surface area contributed by atoms with Crippen LogP contribution in [0.2, 0.25) is 5.15 Å². The number of carbonyl (C=O) groups is 2. The van der Waals surface area contributed by atoms with E-state index in [1.807, 2.05) is 13.8 Å². The number of aromatic nitrogens is 4. The smallest absolute Gasteiger partial charge is 0.267 e. The van der Waals surface area contributed by atoms with Gasteiger partial charge < -0.3 is 30.8 Å². The lowest BCUT2D eigenvalue weighted by atomic mass is 10.1. The van der Waals surface area contributed by atoms with E-state index in [-0.39, 0.29) is 47.0 Å². The Labute approximate surface area is 242 Å². The van der Waals surface area contributed by atoms with E-state index >= 15 is 0 Å². The third-order valence-electron chi connectivity index (χ3n) is 7.45. The molecule has 3 aromatic rings. The van der Waals surface area contributed by atoms with Crippen molar-refractivity contribution in [3.05, 3.63) is 57.3 Å². The van der Waals surface area contributed by atoms with Gasteiger partial charge in [-0.2, -0.15) is 4.98 Å². The van der Waals surface area contributed by atoms with Crippen LogP contribution in [0.15, 0.2) is 18.3 Å². The molecule has 41 heavy (non-hydrogen) atoms. The van der Waals surface area contributed by atoms with Crippen molar-refractivity contribution >= 4 is 46.8 Å². The number of nitrogens with one attached hydrogen (secondary N) is 2. The van der Waals surface area contributed by atoms with Crippen molar-refractivity contribution in [3.63, 3.8) is 0 Å². The number of nitrogens with zero attached hydrogens (tertiary/aromatic N) is 5. The molecular formula is C28H33ClN8O4. The van der Waals surface area contributed by atoms with Gasteiger partial charge in [0.25, 0.3) is 11.8 Å². The molecule has 5 rings (SSSR count). The van der Waals surface area contributed by atoms with Crippen molar-refractivity contribution < 1.29 is 19.4 Å². The zero-order valence-electron chi connectivity index (χ0n) is 23.2. The summed E-state index contributed by atoms with van der Waals surface area (Å²) >= 11 is 6.48. The first-order valence-corrected chi connectivity index (χ1v) is 13.8. The van der Waals surface area contributed by atoms with Crippen LogP contribution < -0.4 is 20.7 Å². The van der Waals surface area contributed by atoms with Crippen molar-refractivity contribution in [1.29, 1.82) is 0 Å². The number of fused-ring (bicyclic) bond motifs is 1. The number of aliphatic hydroxyl groups is 1. The number of nitrogens with two attached hydrogens (primary N) is 1. The van der Waals surface area contributed by atoms with Crippen LogP contribution in [0.25, 0.3) is 11.6 Å². The maximum atomic E-state index is 13.7. The number of hydrogen-bond donors (Lipinski definition) is 4. The third-order valence-corrected chi connectivity index (χ3v) is 7.72. The molecule has 12 nitrogen and oxygen atoms in total. The Morgan fingerprint density at radius 3 is 2.78 bits per heavy atom. The van der Waals surface area contributed by atoms with Crippen molar-refractivity contribution in [3.8, 4) is 5.75 Å². The van der Waals surface area contributed by atoms with E-state index in [1.165, 1.54) is 4.90 Å². The molecule has 0 unspecified atom stereocenters. The van der Waals surface area contributed by atoms with Gasteiger partial charge in [-0.25, -0.2) is 4.98 Å².